The van der Waals surface area contributed by atoms with Crippen molar-refractivity contribution in [2.45, 2.75) is 316 Å². The van der Waals surface area contributed by atoms with Crippen molar-refractivity contribution in [3.8, 4) is 0 Å². The number of allylic oxidation sites excluding steroid dienone is 34. The summed E-state index contributed by atoms with van der Waals surface area (Å²) in [7, 11) is -10.0. The van der Waals surface area contributed by atoms with E-state index in [-0.39, 0.29) is 25.7 Å². The molecule has 0 amide bonds. The predicted octanol–water partition coefficient (Wildman–Crippen LogP) is 25.4. The van der Waals surface area contributed by atoms with E-state index in [1.165, 1.54) is 64.2 Å². The number of unbranched alkanes of at least 4 members (excludes halogenated alkanes) is 17. The van der Waals surface area contributed by atoms with Crippen LogP contribution in [-0.2, 0) is 65.4 Å². The lowest BCUT2D eigenvalue weighted by Gasteiger charge is -2.21. The van der Waals surface area contributed by atoms with Crippen molar-refractivity contribution < 1.29 is 80.2 Å². The predicted molar refractivity (Wildman–Crippen MR) is 463 cm³/mol. The Morgan fingerprint density at radius 3 is 0.750 bits per heavy atom. The van der Waals surface area contributed by atoms with Gasteiger partial charge in [0.1, 0.15) is 19.3 Å². The van der Waals surface area contributed by atoms with Crippen molar-refractivity contribution in [1.29, 1.82) is 0 Å². The van der Waals surface area contributed by atoms with Crippen LogP contribution in [0.1, 0.15) is 297 Å². The molecule has 0 aromatic carbocycles. The molecule has 17 nitrogen and oxygen atoms in total. The summed E-state index contributed by atoms with van der Waals surface area (Å²) in [6.45, 7) is 4.32. The van der Waals surface area contributed by atoms with Gasteiger partial charge in [0.05, 0.1) is 26.4 Å². The van der Waals surface area contributed by atoms with Gasteiger partial charge in [0.25, 0.3) is 0 Å². The highest BCUT2D eigenvalue weighted by Gasteiger charge is 2.30. The SMILES string of the molecule is CC/C=C\C/C=C\C/C=C\C/C=C\C/C=C\C/C=C\CCC(=O)OCC(COP(=O)(O)OCC(O)COP(=O)(O)OCC(COC(=O)CC/C=C\C/C=C\C/C=C\C/C=C\C/C=C\C/C=C\CC)OC(=O)CCCCCCCCCCCCCCCCC)OC(=O)CCCCC/C=C\C/C=C\C/C=C\C/C=C\C/C=C\CC. The van der Waals surface area contributed by atoms with Crippen LogP contribution in [0.3, 0.4) is 0 Å². The number of aliphatic hydroxyl groups excluding tert-OH is 1. The largest absolute Gasteiger partial charge is 0.472 e. The fourth-order valence-corrected chi connectivity index (χ4v) is 12.1. The van der Waals surface area contributed by atoms with Gasteiger partial charge >= 0.3 is 39.5 Å². The van der Waals surface area contributed by atoms with E-state index < -0.39 is 97.5 Å². The highest BCUT2D eigenvalue weighted by atomic mass is 31.2. The van der Waals surface area contributed by atoms with Crippen LogP contribution in [0.4, 0.5) is 0 Å². The first-order valence-electron chi connectivity index (χ1n) is 42.3. The summed E-state index contributed by atoms with van der Waals surface area (Å²) in [5, 5.41) is 10.7. The molecule has 0 aromatic rings. The number of aliphatic hydroxyl groups is 1. The molecular weight excluding hydrogens is 1450 g/mol. The summed E-state index contributed by atoms with van der Waals surface area (Å²) in [6.07, 6.45) is 104. The fraction of sp³-hybridized carbons (Fsp3) is 0.591. The van der Waals surface area contributed by atoms with Gasteiger partial charge in [-0.05, 0) is 148 Å². The van der Waals surface area contributed by atoms with E-state index in [9.17, 15) is 43.2 Å². The van der Waals surface area contributed by atoms with E-state index >= 15 is 0 Å². The van der Waals surface area contributed by atoms with Gasteiger partial charge in [-0.3, -0.25) is 37.3 Å². The van der Waals surface area contributed by atoms with Crippen molar-refractivity contribution in [3.63, 3.8) is 0 Å². The summed E-state index contributed by atoms with van der Waals surface area (Å²) >= 11 is 0. The molecule has 3 N–H and O–H groups in total. The molecule has 5 atom stereocenters. The van der Waals surface area contributed by atoms with Crippen molar-refractivity contribution in [2.24, 2.45) is 0 Å². The highest BCUT2D eigenvalue weighted by Crippen LogP contribution is 2.45. The van der Waals surface area contributed by atoms with Crippen LogP contribution >= 0.6 is 15.6 Å². The maximum absolute atomic E-state index is 13.1. The number of hydrogen-bond donors (Lipinski definition) is 3. The Morgan fingerprint density at radius 2 is 0.482 bits per heavy atom. The van der Waals surface area contributed by atoms with E-state index in [4.69, 9.17) is 37.0 Å². The summed E-state index contributed by atoms with van der Waals surface area (Å²) in [5.41, 5.74) is 0. The number of phosphoric acid groups is 2. The molecule has 0 heterocycles. The molecule has 632 valence electrons. The van der Waals surface area contributed by atoms with Gasteiger partial charge in [0, 0.05) is 25.7 Å². The molecule has 0 bridgehead atoms. The number of carbonyl (C=O) groups excluding carboxylic acids is 4. The first kappa shape index (κ1) is 106. The molecule has 0 saturated carbocycles. The van der Waals surface area contributed by atoms with Gasteiger partial charge in [-0.25, -0.2) is 9.13 Å². The molecule has 0 aliphatic heterocycles. The Bertz CT molecular complexity index is 2940. The molecule has 5 unspecified atom stereocenters. The third-order valence-corrected chi connectivity index (χ3v) is 18.7. The maximum Gasteiger partial charge on any atom is 0.472 e. The molecule has 0 aliphatic carbocycles. The Balaban J connectivity index is 5.56. The van der Waals surface area contributed by atoms with Gasteiger partial charge in [0.2, 0.25) is 0 Å². The first-order valence-corrected chi connectivity index (χ1v) is 45.3. The third kappa shape index (κ3) is 81.6. The minimum atomic E-state index is -5.02. The quantitative estimate of drug-likeness (QED) is 0.0169. The molecule has 0 rings (SSSR count). The first-order chi connectivity index (χ1) is 54.7. The van der Waals surface area contributed by atoms with E-state index in [0.29, 0.717) is 38.5 Å². The van der Waals surface area contributed by atoms with Crippen LogP contribution in [0.2, 0.25) is 0 Å². The zero-order valence-corrected chi connectivity index (χ0v) is 71.0. The van der Waals surface area contributed by atoms with E-state index in [0.717, 1.165) is 141 Å². The fourth-order valence-electron chi connectivity index (χ4n) is 10.5. The lowest BCUT2D eigenvalue weighted by atomic mass is 10.0. The maximum atomic E-state index is 13.1. The van der Waals surface area contributed by atoms with E-state index in [1.807, 2.05) is 36.5 Å². The Hall–Kier alpha value is -6.36. The average molecular weight is 1600 g/mol. The van der Waals surface area contributed by atoms with Crippen LogP contribution in [-0.4, -0.2) is 96.7 Å². The van der Waals surface area contributed by atoms with Gasteiger partial charge < -0.3 is 33.8 Å². The Labute approximate surface area is 678 Å². The summed E-state index contributed by atoms with van der Waals surface area (Å²) in [4.78, 5) is 73.2. The smallest absolute Gasteiger partial charge is 0.462 e. The van der Waals surface area contributed by atoms with Gasteiger partial charge in [-0.15, -0.1) is 0 Å². The van der Waals surface area contributed by atoms with Crippen LogP contribution in [0.5, 0.6) is 0 Å². The number of carbonyl (C=O) groups is 4. The summed E-state index contributed by atoms with van der Waals surface area (Å²) < 4.78 is 68.6. The molecule has 0 radical (unpaired) electrons. The Morgan fingerprint density at radius 1 is 0.259 bits per heavy atom. The topological polar surface area (TPSA) is 237 Å². The molecule has 0 aliphatic rings. The van der Waals surface area contributed by atoms with Gasteiger partial charge in [0.15, 0.2) is 12.2 Å². The van der Waals surface area contributed by atoms with Crippen LogP contribution in [0.15, 0.2) is 207 Å². The van der Waals surface area contributed by atoms with Crippen LogP contribution < -0.4 is 0 Å². The van der Waals surface area contributed by atoms with Crippen molar-refractivity contribution in [2.75, 3.05) is 39.6 Å². The molecule has 0 spiro atoms. The molecule has 112 heavy (non-hydrogen) atoms. The zero-order chi connectivity index (χ0) is 81.7. The standard InChI is InChI=1S/C93H148O17P2/c1-5-9-13-17-21-25-29-33-37-40-43-46-50-53-57-61-65-69-73-77-90(95)103-83-88(109-92(97)79-75-71-67-63-59-55-49-36-32-28-24-20-16-12-8-4)85-107-111(99,100)105-81-87(94)82-106-112(101,102)108-86-89(110-93(98)80-76-72-68-64-60-56-52-48-45-42-39-35-31-27-23-19-15-11-7-3)84-104-91(96)78-74-70-66-62-58-54-51-47-44-41-38-34-30-26-22-18-14-10-6-2/h9-11,13-15,21-23,25-27,33-35,37-39,43-48,53-54,56-58,60,65-66,69-70,87-89,94H,5-8,12,16-20,24,28-32,36,40-42,49-52,55,59,61-64,67-68,71-86H2,1-4H3,(H,99,100)(H,101,102)/b13-9-,14-10-,15-11-,25-21-,26-22-,27-23-,37-33-,38-34-,39-35-,46-43-,47-44-,48-45-,57-53-,58-54-,60-56-,69-65-,70-66-. The van der Waals surface area contributed by atoms with Gasteiger partial charge in [-0.2, -0.15) is 0 Å². The monoisotopic (exact) mass is 1600 g/mol. The van der Waals surface area contributed by atoms with E-state index in [1.54, 1.807) is 0 Å². The van der Waals surface area contributed by atoms with Crippen molar-refractivity contribution in [3.05, 3.63) is 207 Å². The number of rotatable bonds is 77. The molecule has 19 heteroatoms. The average Bonchev–Trinajstić information content (AvgIpc) is 0.898. The third-order valence-electron chi connectivity index (χ3n) is 16.8. The van der Waals surface area contributed by atoms with E-state index in [2.05, 4.69) is 198 Å². The van der Waals surface area contributed by atoms with Crippen LogP contribution in [0, 0.1) is 0 Å². The van der Waals surface area contributed by atoms with Crippen LogP contribution in [0.25, 0.3) is 0 Å². The lowest BCUT2D eigenvalue weighted by Crippen LogP contribution is -2.30. The summed E-state index contributed by atoms with van der Waals surface area (Å²) in [6, 6.07) is 0. The molecule has 0 fully saturated rings. The minimum Gasteiger partial charge on any atom is -0.462 e. The number of esters is 4. The zero-order valence-electron chi connectivity index (χ0n) is 69.3. The minimum absolute atomic E-state index is 0.0187. The van der Waals surface area contributed by atoms with Gasteiger partial charge in [-0.1, -0.05) is 331 Å². The molecular formula is C93H148O17P2. The second-order valence-electron chi connectivity index (χ2n) is 27.3. The second-order valence-corrected chi connectivity index (χ2v) is 30.2. The second kappa shape index (κ2) is 82.6. The Kier molecular flexibility index (Phi) is 77.9. The number of ether oxygens (including phenoxy) is 4. The molecule has 0 aromatic heterocycles. The highest BCUT2D eigenvalue weighted by molar-refractivity contribution is 7.47. The lowest BCUT2D eigenvalue weighted by molar-refractivity contribution is -0.161. The normalized spacial score (nSPS) is 14.8. The van der Waals surface area contributed by atoms with Crippen molar-refractivity contribution >= 4 is 39.5 Å². The number of hydrogen-bond acceptors (Lipinski definition) is 15. The number of phosphoric ester groups is 2. The molecule has 0 saturated heterocycles. The van der Waals surface area contributed by atoms with Crippen molar-refractivity contribution in [1.82, 2.24) is 0 Å². The summed E-state index contributed by atoms with van der Waals surface area (Å²) in [5.74, 6) is -2.42.